The first-order chi connectivity index (χ1) is 9.49. The molecule has 0 unspecified atom stereocenters. The Morgan fingerprint density at radius 3 is 2.65 bits per heavy atom. The van der Waals surface area contributed by atoms with Crippen molar-refractivity contribution in [1.82, 2.24) is 4.90 Å². The van der Waals surface area contributed by atoms with E-state index in [9.17, 15) is 4.79 Å². The highest BCUT2D eigenvalue weighted by molar-refractivity contribution is 9.10. The van der Waals surface area contributed by atoms with Gasteiger partial charge in [-0.1, -0.05) is 41.0 Å². The molecule has 5 heteroatoms. The molecule has 3 nitrogen and oxygen atoms in total. The van der Waals surface area contributed by atoms with Gasteiger partial charge in [0.15, 0.2) is 0 Å². The minimum absolute atomic E-state index is 0.0281. The summed E-state index contributed by atoms with van der Waals surface area (Å²) < 4.78 is 1.01. The zero-order chi connectivity index (χ0) is 14.7. The first-order valence-corrected chi connectivity index (χ1v) is 8.04. The van der Waals surface area contributed by atoms with Crippen molar-refractivity contribution in [3.05, 3.63) is 33.8 Å². The van der Waals surface area contributed by atoms with E-state index < -0.39 is 0 Å². The van der Waals surface area contributed by atoms with Crippen LogP contribution in [0.15, 0.2) is 22.7 Å². The fraction of sp³-hybridized carbons (Fsp3) is 0.467. The number of nitrogens with two attached hydrogens (primary N) is 1. The summed E-state index contributed by atoms with van der Waals surface area (Å²) in [6.45, 7) is 2.35. The maximum Gasteiger partial charge on any atom is 0.254 e. The predicted molar refractivity (Wildman–Crippen MR) is 89.0 cm³/mol. The van der Waals surface area contributed by atoms with Crippen LogP contribution in [0.5, 0.6) is 0 Å². The number of aryl methyl sites for hydroxylation is 1. The van der Waals surface area contributed by atoms with Crippen LogP contribution in [-0.4, -0.2) is 28.4 Å². The van der Waals surface area contributed by atoms with Crippen LogP contribution in [0.1, 0.15) is 41.6 Å². The van der Waals surface area contributed by atoms with Crippen LogP contribution < -0.4 is 5.73 Å². The summed E-state index contributed by atoms with van der Waals surface area (Å²) in [5, 5.41) is 0. The van der Waals surface area contributed by atoms with Crippen molar-refractivity contribution in [2.24, 2.45) is 5.73 Å². The lowest BCUT2D eigenvalue weighted by Gasteiger charge is -2.28. The van der Waals surface area contributed by atoms with Crippen molar-refractivity contribution in [1.29, 1.82) is 0 Å². The number of amides is 1. The molecule has 1 aliphatic rings. The average molecular weight is 355 g/mol. The predicted octanol–water partition coefficient (Wildman–Crippen LogP) is 3.43. The number of hydrogen-bond acceptors (Lipinski definition) is 2. The Balaban J connectivity index is 2.24. The van der Waals surface area contributed by atoms with Gasteiger partial charge in [-0.3, -0.25) is 4.79 Å². The minimum Gasteiger partial charge on any atom is -0.392 e. The number of thiocarbonyl (C=S) groups is 1. The lowest BCUT2D eigenvalue weighted by Crippen LogP contribution is -2.43. The van der Waals surface area contributed by atoms with Crippen LogP contribution in [0, 0.1) is 6.92 Å². The van der Waals surface area contributed by atoms with Crippen molar-refractivity contribution in [2.75, 3.05) is 6.54 Å². The van der Waals surface area contributed by atoms with Crippen LogP contribution in [0.3, 0.4) is 0 Å². The molecule has 0 bridgehead atoms. The lowest BCUT2D eigenvalue weighted by molar-refractivity contribution is 0.0714. The molecule has 1 aliphatic carbocycles. The van der Waals surface area contributed by atoms with Crippen molar-refractivity contribution in [2.45, 2.75) is 38.6 Å². The van der Waals surface area contributed by atoms with E-state index in [1.165, 1.54) is 12.8 Å². The van der Waals surface area contributed by atoms with E-state index in [2.05, 4.69) is 15.9 Å². The maximum atomic E-state index is 12.7. The molecule has 2 rings (SSSR count). The molecule has 1 aromatic carbocycles. The third-order valence-corrected chi connectivity index (χ3v) is 4.78. The van der Waals surface area contributed by atoms with Crippen LogP contribution in [0.25, 0.3) is 0 Å². The molecule has 1 fully saturated rings. The molecule has 0 spiro atoms. The molecular formula is C15H19BrN2OS. The highest BCUT2D eigenvalue weighted by Gasteiger charge is 2.27. The summed E-state index contributed by atoms with van der Waals surface area (Å²) in [6, 6.07) is 5.94. The molecule has 0 atom stereocenters. The van der Waals surface area contributed by atoms with Crippen molar-refractivity contribution >= 4 is 39.0 Å². The summed E-state index contributed by atoms with van der Waals surface area (Å²) in [5.74, 6) is 0.0281. The minimum atomic E-state index is 0.0281. The molecule has 20 heavy (non-hydrogen) atoms. The van der Waals surface area contributed by atoms with Gasteiger partial charge in [0.05, 0.1) is 11.5 Å². The number of rotatable bonds is 4. The van der Waals surface area contributed by atoms with Crippen LogP contribution in [0.4, 0.5) is 0 Å². The molecule has 1 amide bonds. The molecule has 0 saturated heterocycles. The SMILES string of the molecule is Cc1cc(C(=O)N(CC(N)=S)C2CCCC2)ccc1Br. The third kappa shape index (κ3) is 3.58. The fourth-order valence-corrected chi connectivity index (χ4v) is 3.08. The van der Waals surface area contributed by atoms with E-state index >= 15 is 0 Å². The summed E-state index contributed by atoms with van der Waals surface area (Å²) in [7, 11) is 0. The highest BCUT2D eigenvalue weighted by Crippen LogP contribution is 2.26. The number of hydrogen-bond donors (Lipinski definition) is 1. The van der Waals surface area contributed by atoms with Gasteiger partial charge < -0.3 is 10.6 Å². The second kappa shape index (κ2) is 6.68. The van der Waals surface area contributed by atoms with Gasteiger partial charge in [-0.15, -0.1) is 0 Å². The Morgan fingerprint density at radius 2 is 2.10 bits per heavy atom. The Morgan fingerprint density at radius 1 is 1.45 bits per heavy atom. The molecule has 1 aromatic rings. The van der Waals surface area contributed by atoms with E-state index in [-0.39, 0.29) is 11.9 Å². The number of benzene rings is 1. The molecule has 2 N–H and O–H groups in total. The summed E-state index contributed by atoms with van der Waals surface area (Å²) in [6.07, 6.45) is 4.43. The molecule has 1 saturated carbocycles. The number of carbonyl (C=O) groups is 1. The monoisotopic (exact) mass is 354 g/mol. The lowest BCUT2D eigenvalue weighted by atomic mass is 10.1. The average Bonchev–Trinajstić information content (AvgIpc) is 2.92. The first-order valence-electron chi connectivity index (χ1n) is 6.84. The summed E-state index contributed by atoms with van der Waals surface area (Å²) in [5.41, 5.74) is 7.42. The van der Waals surface area contributed by atoms with Gasteiger partial charge in [-0.25, -0.2) is 0 Å². The van der Waals surface area contributed by atoms with Crippen molar-refractivity contribution in [3.63, 3.8) is 0 Å². The van der Waals surface area contributed by atoms with Gasteiger partial charge in [-0.2, -0.15) is 0 Å². The standard InChI is InChI=1S/C15H19BrN2OS/c1-10-8-11(6-7-13(10)16)15(19)18(9-14(17)20)12-4-2-3-5-12/h6-8,12H,2-5,9H2,1H3,(H2,17,20). The summed E-state index contributed by atoms with van der Waals surface area (Å²) in [4.78, 5) is 14.9. The number of carbonyl (C=O) groups excluding carboxylic acids is 1. The van der Waals surface area contributed by atoms with Gasteiger partial charge >= 0.3 is 0 Å². The normalized spacial score (nSPS) is 15.3. The van der Waals surface area contributed by atoms with Gasteiger partial charge in [0.1, 0.15) is 0 Å². The Bertz CT molecular complexity index is 527. The molecule has 0 aliphatic heterocycles. The zero-order valence-electron chi connectivity index (χ0n) is 11.6. The van der Waals surface area contributed by atoms with E-state index in [4.69, 9.17) is 18.0 Å². The number of nitrogens with zero attached hydrogens (tertiary/aromatic N) is 1. The Kier molecular flexibility index (Phi) is 5.16. The molecule has 0 radical (unpaired) electrons. The third-order valence-electron chi connectivity index (χ3n) is 3.76. The van der Waals surface area contributed by atoms with Gasteiger partial charge in [0.2, 0.25) is 0 Å². The first kappa shape index (κ1) is 15.4. The largest absolute Gasteiger partial charge is 0.392 e. The van der Waals surface area contributed by atoms with E-state index in [0.717, 1.165) is 22.9 Å². The van der Waals surface area contributed by atoms with Crippen LogP contribution in [-0.2, 0) is 0 Å². The molecular weight excluding hydrogens is 336 g/mol. The maximum absolute atomic E-state index is 12.7. The van der Waals surface area contributed by atoms with Crippen molar-refractivity contribution < 1.29 is 4.79 Å². The van der Waals surface area contributed by atoms with Crippen LogP contribution >= 0.6 is 28.1 Å². The quantitative estimate of drug-likeness (QED) is 0.842. The topological polar surface area (TPSA) is 46.3 Å². The second-order valence-corrected chi connectivity index (χ2v) is 6.68. The second-order valence-electron chi connectivity index (χ2n) is 5.30. The van der Waals surface area contributed by atoms with E-state index in [1.807, 2.05) is 30.0 Å². The smallest absolute Gasteiger partial charge is 0.254 e. The zero-order valence-corrected chi connectivity index (χ0v) is 14.0. The molecule has 0 heterocycles. The fourth-order valence-electron chi connectivity index (χ4n) is 2.69. The van der Waals surface area contributed by atoms with Gasteiger partial charge in [0.25, 0.3) is 5.91 Å². The van der Waals surface area contributed by atoms with Crippen molar-refractivity contribution in [3.8, 4) is 0 Å². The summed E-state index contributed by atoms with van der Waals surface area (Å²) >= 11 is 8.46. The Labute approximate surface area is 133 Å². The van der Waals surface area contributed by atoms with Gasteiger partial charge in [0, 0.05) is 16.1 Å². The molecule has 108 valence electrons. The van der Waals surface area contributed by atoms with E-state index in [0.29, 0.717) is 17.1 Å². The Hall–Kier alpha value is -0.940. The van der Waals surface area contributed by atoms with Gasteiger partial charge in [-0.05, 0) is 43.5 Å². The molecule has 0 aromatic heterocycles. The highest BCUT2D eigenvalue weighted by atomic mass is 79.9. The van der Waals surface area contributed by atoms with E-state index in [1.54, 1.807) is 0 Å². The number of halogens is 1. The van der Waals surface area contributed by atoms with Crippen LogP contribution in [0.2, 0.25) is 0 Å².